The summed E-state index contributed by atoms with van der Waals surface area (Å²) in [5.74, 6) is 0.694. The summed E-state index contributed by atoms with van der Waals surface area (Å²) in [5, 5.41) is 17.0. The molecule has 0 amide bonds. The largest absolute Gasteiger partial charge is 0.366 e. The second kappa shape index (κ2) is 6.36. The first-order valence-electron chi connectivity index (χ1n) is 5.33. The zero-order valence-corrected chi connectivity index (χ0v) is 10.1. The van der Waals surface area contributed by atoms with Crippen molar-refractivity contribution in [2.75, 3.05) is 18.4 Å². The molecule has 0 bridgehead atoms. The number of nitrogens with one attached hydrogen (secondary N) is 2. The Balaban J connectivity index is 0.00000144. The van der Waals surface area contributed by atoms with Gasteiger partial charge in [-0.1, -0.05) is 0 Å². The van der Waals surface area contributed by atoms with Gasteiger partial charge in [0, 0.05) is 18.7 Å². The number of piperidine rings is 1. The summed E-state index contributed by atoms with van der Waals surface area (Å²) in [4.78, 5) is 14.0. The van der Waals surface area contributed by atoms with Crippen LogP contribution in [0.25, 0.3) is 0 Å². The highest BCUT2D eigenvalue weighted by Gasteiger charge is 2.13. The second-order valence-electron chi connectivity index (χ2n) is 3.85. The number of halogens is 1. The summed E-state index contributed by atoms with van der Waals surface area (Å²) in [6, 6.07) is 3.47. The quantitative estimate of drug-likeness (QED) is 0.636. The molecule has 1 atom stereocenters. The topological polar surface area (TPSA) is 80.1 Å². The molecule has 7 heteroatoms. The standard InChI is InChI=1S/C10H14N4O2.ClH/c15-14(16)9-3-4-10(12-7-9)13-8-2-1-5-11-6-8;/h3-4,7-8,11H,1-2,5-6H2,(H,12,13);1H. The van der Waals surface area contributed by atoms with Crippen LogP contribution in [0.3, 0.4) is 0 Å². The molecular weight excluding hydrogens is 244 g/mol. The Morgan fingerprint density at radius 2 is 2.35 bits per heavy atom. The Hall–Kier alpha value is -1.40. The molecule has 94 valence electrons. The Bertz CT molecular complexity index is 365. The number of pyridine rings is 1. The first-order valence-corrected chi connectivity index (χ1v) is 5.33. The van der Waals surface area contributed by atoms with Crippen LogP contribution in [0.4, 0.5) is 11.5 Å². The van der Waals surface area contributed by atoms with E-state index in [1.54, 1.807) is 6.07 Å². The minimum absolute atomic E-state index is 0. The lowest BCUT2D eigenvalue weighted by molar-refractivity contribution is -0.385. The van der Waals surface area contributed by atoms with Crippen molar-refractivity contribution in [2.45, 2.75) is 18.9 Å². The van der Waals surface area contributed by atoms with Crippen molar-refractivity contribution in [3.05, 3.63) is 28.4 Å². The van der Waals surface area contributed by atoms with E-state index in [9.17, 15) is 10.1 Å². The summed E-state index contributed by atoms with van der Waals surface area (Å²) < 4.78 is 0. The van der Waals surface area contributed by atoms with Crippen molar-refractivity contribution in [1.29, 1.82) is 0 Å². The second-order valence-corrected chi connectivity index (χ2v) is 3.85. The van der Waals surface area contributed by atoms with Gasteiger partial charge in [0.1, 0.15) is 12.0 Å². The number of rotatable bonds is 3. The maximum Gasteiger partial charge on any atom is 0.287 e. The van der Waals surface area contributed by atoms with Crippen molar-refractivity contribution in [3.63, 3.8) is 0 Å². The van der Waals surface area contributed by atoms with Gasteiger partial charge in [-0.3, -0.25) is 10.1 Å². The molecule has 6 nitrogen and oxygen atoms in total. The van der Waals surface area contributed by atoms with Crippen molar-refractivity contribution in [1.82, 2.24) is 10.3 Å². The fraction of sp³-hybridized carbons (Fsp3) is 0.500. The smallest absolute Gasteiger partial charge is 0.287 e. The number of nitrogens with zero attached hydrogens (tertiary/aromatic N) is 2. The molecule has 0 radical (unpaired) electrons. The van der Waals surface area contributed by atoms with Crippen LogP contribution in [0.1, 0.15) is 12.8 Å². The highest BCUT2D eigenvalue weighted by molar-refractivity contribution is 5.85. The molecule has 2 N–H and O–H groups in total. The molecule has 1 saturated heterocycles. The first-order chi connectivity index (χ1) is 7.75. The molecule has 1 aromatic rings. The van der Waals surface area contributed by atoms with Crippen LogP contribution in [0.5, 0.6) is 0 Å². The van der Waals surface area contributed by atoms with E-state index in [0.29, 0.717) is 11.9 Å². The minimum Gasteiger partial charge on any atom is -0.366 e. The molecule has 17 heavy (non-hydrogen) atoms. The van der Waals surface area contributed by atoms with Crippen LogP contribution in [0.15, 0.2) is 18.3 Å². The lowest BCUT2D eigenvalue weighted by atomic mass is 10.1. The van der Waals surface area contributed by atoms with Gasteiger partial charge in [0.2, 0.25) is 0 Å². The van der Waals surface area contributed by atoms with Crippen LogP contribution in [0, 0.1) is 10.1 Å². The zero-order valence-electron chi connectivity index (χ0n) is 9.26. The average molecular weight is 259 g/mol. The number of nitro groups is 1. The molecule has 1 unspecified atom stereocenters. The van der Waals surface area contributed by atoms with E-state index in [1.165, 1.54) is 12.3 Å². The van der Waals surface area contributed by atoms with Gasteiger partial charge < -0.3 is 10.6 Å². The fourth-order valence-corrected chi connectivity index (χ4v) is 1.76. The molecular formula is C10H15ClN4O2. The van der Waals surface area contributed by atoms with Gasteiger partial charge in [-0.15, -0.1) is 12.4 Å². The Morgan fingerprint density at radius 1 is 1.53 bits per heavy atom. The van der Waals surface area contributed by atoms with E-state index in [4.69, 9.17) is 0 Å². The molecule has 1 aliphatic heterocycles. The first kappa shape index (κ1) is 13.7. The van der Waals surface area contributed by atoms with Gasteiger partial charge in [-0.25, -0.2) is 4.98 Å². The van der Waals surface area contributed by atoms with Crippen LogP contribution in [-0.4, -0.2) is 29.0 Å². The highest BCUT2D eigenvalue weighted by Crippen LogP contribution is 2.14. The van der Waals surface area contributed by atoms with Gasteiger partial charge in [0.25, 0.3) is 5.69 Å². The SMILES string of the molecule is Cl.O=[N+]([O-])c1ccc(NC2CCCNC2)nc1. The molecule has 0 aromatic carbocycles. The van der Waals surface area contributed by atoms with E-state index < -0.39 is 4.92 Å². The number of aromatic nitrogens is 1. The van der Waals surface area contributed by atoms with Gasteiger partial charge in [-0.05, 0) is 25.5 Å². The van der Waals surface area contributed by atoms with E-state index in [0.717, 1.165) is 25.9 Å². The lowest BCUT2D eigenvalue weighted by Crippen LogP contribution is -2.38. The number of hydrogen-bond acceptors (Lipinski definition) is 5. The maximum atomic E-state index is 10.4. The van der Waals surface area contributed by atoms with Crippen molar-refractivity contribution in [2.24, 2.45) is 0 Å². The molecule has 0 spiro atoms. The van der Waals surface area contributed by atoms with Gasteiger partial charge in [0.15, 0.2) is 0 Å². The predicted molar refractivity (Wildman–Crippen MR) is 67.7 cm³/mol. The van der Waals surface area contributed by atoms with E-state index in [2.05, 4.69) is 15.6 Å². The molecule has 2 rings (SSSR count). The van der Waals surface area contributed by atoms with Crippen LogP contribution in [0.2, 0.25) is 0 Å². The summed E-state index contributed by atoms with van der Waals surface area (Å²) in [6.07, 6.45) is 3.52. The third-order valence-corrected chi connectivity index (χ3v) is 2.61. The summed E-state index contributed by atoms with van der Waals surface area (Å²) in [5.41, 5.74) is 0.0207. The van der Waals surface area contributed by atoms with Crippen molar-refractivity contribution < 1.29 is 4.92 Å². The van der Waals surface area contributed by atoms with E-state index in [-0.39, 0.29) is 18.1 Å². The van der Waals surface area contributed by atoms with Gasteiger partial charge in [0.05, 0.1) is 4.92 Å². The Kier molecular flexibility index (Phi) is 5.11. The third kappa shape index (κ3) is 3.83. The summed E-state index contributed by atoms with van der Waals surface area (Å²) >= 11 is 0. The number of anilines is 1. The third-order valence-electron chi connectivity index (χ3n) is 2.61. The van der Waals surface area contributed by atoms with E-state index in [1.807, 2.05) is 0 Å². The molecule has 1 aliphatic rings. The average Bonchev–Trinajstić information content (AvgIpc) is 2.31. The monoisotopic (exact) mass is 258 g/mol. The normalized spacial score (nSPS) is 19.2. The fourth-order valence-electron chi connectivity index (χ4n) is 1.76. The molecule has 1 fully saturated rings. The van der Waals surface area contributed by atoms with Crippen molar-refractivity contribution >= 4 is 23.9 Å². The predicted octanol–water partition coefficient (Wildman–Crippen LogP) is 1.58. The number of hydrogen-bond donors (Lipinski definition) is 2. The van der Waals surface area contributed by atoms with Crippen LogP contribution in [-0.2, 0) is 0 Å². The maximum absolute atomic E-state index is 10.4. The van der Waals surface area contributed by atoms with Crippen LogP contribution >= 0.6 is 12.4 Å². The molecule has 0 saturated carbocycles. The minimum atomic E-state index is -0.445. The lowest BCUT2D eigenvalue weighted by Gasteiger charge is -2.24. The summed E-state index contributed by atoms with van der Waals surface area (Å²) in [6.45, 7) is 1.98. The Labute approximate surface area is 105 Å². The Morgan fingerprint density at radius 3 is 2.88 bits per heavy atom. The zero-order chi connectivity index (χ0) is 11.4. The van der Waals surface area contributed by atoms with Gasteiger partial charge >= 0.3 is 0 Å². The highest BCUT2D eigenvalue weighted by atomic mass is 35.5. The molecule has 0 aliphatic carbocycles. The van der Waals surface area contributed by atoms with E-state index >= 15 is 0 Å². The van der Waals surface area contributed by atoms with Crippen molar-refractivity contribution in [3.8, 4) is 0 Å². The molecule has 1 aromatic heterocycles. The summed E-state index contributed by atoms with van der Waals surface area (Å²) in [7, 11) is 0. The molecule has 2 heterocycles. The van der Waals surface area contributed by atoms with Crippen LogP contribution < -0.4 is 10.6 Å². The van der Waals surface area contributed by atoms with Gasteiger partial charge in [-0.2, -0.15) is 0 Å².